The molecule has 0 radical (unpaired) electrons. The molecule has 2 aromatic heterocycles. The van der Waals surface area contributed by atoms with Crippen molar-refractivity contribution in [2.45, 2.75) is 51.6 Å². The van der Waals surface area contributed by atoms with Gasteiger partial charge < -0.3 is 11.5 Å². The highest BCUT2D eigenvalue weighted by Crippen LogP contribution is 2.08. The van der Waals surface area contributed by atoms with Gasteiger partial charge in [-0.05, 0) is 63.0 Å². The van der Waals surface area contributed by atoms with E-state index >= 15 is 0 Å². The Labute approximate surface area is 177 Å². The monoisotopic (exact) mass is 408 g/mol. The molecule has 8 nitrogen and oxygen atoms in total. The Morgan fingerprint density at radius 2 is 0.833 bits per heavy atom. The molecule has 160 valence electrons. The maximum Gasteiger partial charge on any atom is 0.113 e. The molecular weight excluding hydrogens is 376 g/mol. The van der Waals surface area contributed by atoms with Crippen LogP contribution in [0.25, 0.3) is 22.1 Å². The maximum absolute atomic E-state index is 5.43. The van der Waals surface area contributed by atoms with Crippen LogP contribution in [0.1, 0.15) is 38.5 Å². The fraction of sp³-hybridized carbons (Fsp3) is 0.455. The van der Waals surface area contributed by atoms with Gasteiger partial charge in [0.1, 0.15) is 22.1 Å². The SMILES string of the molecule is NCCCCCn1nc2ccccc2n1.NCCCCCn1nc2ccccc2n1. The van der Waals surface area contributed by atoms with Crippen LogP contribution in [0.15, 0.2) is 48.5 Å². The van der Waals surface area contributed by atoms with E-state index in [9.17, 15) is 0 Å². The number of aromatic nitrogens is 6. The Bertz CT molecular complexity index is 858. The highest BCUT2D eigenvalue weighted by molar-refractivity contribution is 5.73. The Kier molecular flexibility index (Phi) is 8.74. The van der Waals surface area contributed by atoms with E-state index < -0.39 is 0 Å². The molecule has 2 heterocycles. The average Bonchev–Trinajstić information content (AvgIpc) is 3.38. The Hall–Kier alpha value is -2.84. The third kappa shape index (κ3) is 6.60. The Morgan fingerprint density at radius 3 is 1.13 bits per heavy atom. The summed E-state index contributed by atoms with van der Waals surface area (Å²) in [4.78, 5) is 3.56. The van der Waals surface area contributed by atoms with Crippen LogP contribution < -0.4 is 11.5 Å². The van der Waals surface area contributed by atoms with E-state index in [1.54, 1.807) is 9.59 Å². The number of rotatable bonds is 10. The second kappa shape index (κ2) is 12.0. The van der Waals surface area contributed by atoms with Gasteiger partial charge in [-0.2, -0.15) is 30.0 Å². The smallest absolute Gasteiger partial charge is 0.113 e. The van der Waals surface area contributed by atoms with E-state index in [-0.39, 0.29) is 0 Å². The lowest BCUT2D eigenvalue weighted by molar-refractivity contribution is 0.498. The van der Waals surface area contributed by atoms with Crippen molar-refractivity contribution >= 4 is 22.1 Å². The predicted molar refractivity (Wildman–Crippen MR) is 121 cm³/mol. The highest BCUT2D eigenvalue weighted by Gasteiger charge is 2.01. The Balaban J connectivity index is 0.000000171. The first kappa shape index (κ1) is 21.9. The number of aryl methyl sites for hydroxylation is 2. The van der Waals surface area contributed by atoms with E-state index in [1.165, 1.54) is 0 Å². The third-order valence-electron chi connectivity index (χ3n) is 4.78. The molecule has 0 aliphatic heterocycles. The van der Waals surface area contributed by atoms with Crippen LogP contribution in [-0.4, -0.2) is 43.1 Å². The zero-order valence-electron chi connectivity index (χ0n) is 17.5. The van der Waals surface area contributed by atoms with Gasteiger partial charge in [0.2, 0.25) is 0 Å². The highest BCUT2D eigenvalue weighted by atomic mass is 15.5. The largest absolute Gasteiger partial charge is 0.330 e. The van der Waals surface area contributed by atoms with E-state index in [0.29, 0.717) is 0 Å². The second-order valence-electron chi connectivity index (χ2n) is 7.27. The molecule has 0 unspecified atom stereocenters. The maximum atomic E-state index is 5.43. The van der Waals surface area contributed by atoms with Gasteiger partial charge in [-0.3, -0.25) is 0 Å². The molecule has 0 spiro atoms. The second-order valence-corrected chi connectivity index (χ2v) is 7.27. The van der Waals surface area contributed by atoms with Crippen LogP contribution in [0.3, 0.4) is 0 Å². The molecule has 0 aliphatic carbocycles. The van der Waals surface area contributed by atoms with Crippen molar-refractivity contribution in [1.29, 1.82) is 0 Å². The van der Waals surface area contributed by atoms with Crippen LogP contribution in [0, 0.1) is 0 Å². The van der Waals surface area contributed by atoms with Crippen molar-refractivity contribution in [3.63, 3.8) is 0 Å². The van der Waals surface area contributed by atoms with Crippen molar-refractivity contribution in [3.05, 3.63) is 48.5 Å². The van der Waals surface area contributed by atoms with Crippen LogP contribution in [0.5, 0.6) is 0 Å². The van der Waals surface area contributed by atoms with Gasteiger partial charge in [-0.15, -0.1) is 0 Å². The van der Waals surface area contributed by atoms with E-state index in [1.807, 2.05) is 48.5 Å². The minimum Gasteiger partial charge on any atom is -0.330 e. The number of hydrogen-bond donors (Lipinski definition) is 2. The third-order valence-corrected chi connectivity index (χ3v) is 4.78. The van der Waals surface area contributed by atoms with Gasteiger partial charge in [0, 0.05) is 0 Å². The molecular formula is C22H32N8. The summed E-state index contributed by atoms with van der Waals surface area (Å²) in [5.41, 5.74) is 14.7. The molecule has 4 aromatic rings. The first-order valence-corrected chi connectivity index (χ1v) is 10.8. The van der Waals surface area contributed by atoms with Gasteiger partial charge in [-0.25, -0.2) is 0 Å². The molecule has 0 bridgehead atoms. The standard InChI is InChI=1S/2C11H16N4/c2*12-8-4-1-5-9-15-13-10-6-2-3-7-11(10)14-15/h2*2-3,6-7H,1,4-5,8-9,12H2. The lowest BCUT2D eigenvalue weighted by Crippen LogP contribution is -2.04. The normalized spacial score (nSPS) is 11.0. The molecule has 0 amide bonds. The van der Waals surface area contributed by atoms with Gasteiger partial charge in [0.25, 0.3) is 0 Å². The Morgan fingerprint density at radius 1 is 0.500 bits per heavy atom. The zero-order valence-corrected chi connectivity index (χ0v) is 17.5. The van der Waals surface area contributed by atoms with E-state index in [4.69, 9.17) is 11.5 Å². The van der Waals surface area contributed by atoms with Crippen LogP contribution >= 0.6 is 0 Å². The number of nitrogens with zero attached hydrogens (tertiary/aromatic N) is 6. The summed E-state index contributed by atoms with van der Waals surface area (Å²) in [6.45, 7) is 3.31. The summed E-state index contributed by atoms with van der Waals surface area (Å²) in [6, 6.07) is 15.9. The van der Waals surface area contributed by atoms with Crippen molar-refractivity contribution in [1.82, 2.24) is 30.0 Å². The molecule has 4 rings (SSSR count). The van der Waals surface area contributed by atoms with Gasteiger partial charge in [-0.1, -0.05) is 37.1 Å². The fourth-order valence-corrected chi connectivity index (χ4v) is 3.16. The quantitative estimate of drug-likeness (QED) is 0.390. The zero-order chi connectivity index (χ0) is 21.0. The van der Waals surface area contributed by atoms with Gasteiger partial charge >= 0.3 is 0 Å². The minimum atomic E-state index is 0.772. The lowest BCUT2D eigenvalue weighted by Gasteiger charge is -1.98. The molecule has 0 atom stereocenters. The van der Waals surface area contributed by atoms with E-state index in [0.717, 1.165) is 86.8 Å². The number of hydrogen-bond acceptors (Lipinski definition) is 6. The first-order valence-electron chi connectivity index (χ1n) is 10.8. The summed E-state index contributed by atoms with van der Waals surface area (Å²) in [5.74, 6) is 0. The lowest BCUT2D eigenvalue weighted by atomic mass is 10.2. The predicted octanol–water partition coefficient (Wildman–Crippen LogP) is 3.12. The van der Waals surface area contributed by atoms with Crippen molar-refractivity contribution in [2.75, 3.05) is 13.1 Å². The van der Waals surface area contributed by atoms with Crippen LogP contribution in [0.2, 0.25) is 0 Å². The number of nitrogens with two attached hydrogens (primary N) is 2. The topological polar surface area (TPSA) is 113 Å². The van der Waals surface area contributed by atoms with Crippen molar-refractivity contribution < 1.29 is 0 Å². The first-order chi connectivity index (χ1) is 14.8. The molecule has 0 aliphatic rings. The molecule has 0 saturated carbocycles. The minimum absolute atomic E-state index is 0.772. The van der Waals surface area contributed by atoms with Gasteiger partial charge in [0.15, 0.2) is 0 Å². The summed E-state index contributed by atoms with van der Waals surface area (Å²) in [6.07, 6.45) is 6.65. The van der Waals surface area contributed by atoms with Gasteiger partial charge in [0.05, 0.1) is 13.1 Å². The van der Waals surface area contributed by atoms with Crippen molar-refractivity contribution in [2.24, 2.45) is 11.5 Å². The van der Waals surface area contributed by atoms with E-state index in [2.05, 4.69) is 20.4 Å². The molecule has 0 fully saturated rings. The molecule has 4 N–H and O–H groups in total. The summed E-state index contributed by atoms with van der Waals surface area (Å²) < 4.78 is 0. The molecule has 30 heavy (non-hydrogen) atoms. The number of fused-ring (bicyclic) bond motifs is 2. The number of benzene rings is 2. The molecule has 8 heteroatoms. The summed E-state index contributed by atoms with van der Waals surface area (Å²) in [5, 5.41) is 17.5. The summed E-state index contributed by atoms with van der Waals surface area (Å²) >= 11 is 0. The molecule has 0 saturated heterocycles. The van der Waals surface area contributed by atoms with Crippen LogP contribution in [-0.2, 0) is 13.1 Å². The average molecular weight is 409 g/mol. The molecule has 2 aromatic carbocycles. The fourth-order valence-electron chi connectivity index (χ4n) is 3.16. The number of unbranched alkanes of at least 4 members (excludes halogenated alkanes) is 4. The summed E-state index contributed by atoms with van der Waals surface area (Å²) in [7, 11) is 0. The van der Waals surface area contributed by atoms with Crippen LogP contribution in [0.4, 0.5) is 0 Å². The van der Waals surface area contributed by atoms with Crippen molar-refractivity contribution in [3.8, 4) is 0 Å².